The lowest BCUT2D eigenvalue weighted by molar-refractivity contribution is -0.128. The Bertz CT molecular complexity index is 659. The molecule has 0 aliphatic heterocycles. The van der Waals surface area contributed by atoms with Gasteiger partial charge in [-0.1, -0.05) is 12.1 Å². The van der Waals surface area contributed by atoms with Crippen molar-refractivity contribution in [3.63, 3.8) is 0 Å². The number of hydrogen-bond acceptors (Lipinski definition) is 4. The lowest BCUT2D eigenvalue weighted by atomic mass is 9.92. The standard InChI is InChI=1S/C22H38N4O3/c1-7-23-20(27)22(4,5)16-26-21(24-8-2)25-15-18-11-10-17(3)14-19(18)29-13-9-12-28-6/h10-11,14H,7-9,12-13,15-16H2,1-6H3,(H,23,27)(H2,24,25,26). The van der Waals surface area contributed by atoms with Crippen LogP contribution in [-0.2, 0) is 16.1 Å². The van der Waals surface area contributed by atoms with E-state index >= 15 is 0 Å². The first-order valence-corrected chi connectivity index (χ1v) is 10.4. The van der Waals surface area contributed by atoms with Crippen molar-refractivity contribution in [3.05, 3.63) is 29.3 Å². The van der Waals surface area contributed by atoms with E-state index in [1.54, 1.807) is 7.11 Å². The van der Waals surface area contributed by atoms with E-state index in [0.717, 1.165) is 29.8 Å². The van der Waals surface area contributed by atoms with Gasteiger partial charge in [0.1, 0.15) is 5.75 Å². The molecule has 0 heterocycles. The quantitative estimate of drug-likeness (QED) is 0.282. The summed E-state index contributed by atoms with van der Waals surface area (Å²) in [5.74, 6) is 1.55. The van der Waals surface area contributed by atoms with E-state index in [-0.39, 0.29) is 5.91 Å². The van der Waals surface area contributed by atoms with Crippen LogP contribution in [0.4, 0.5) is 0 Å². The van der Waals surface area contributed by atoms with Crippen molar-refractivity contribution in [2.24, 2.45) is 10.4 Å². The van der Waals surface area contributed by atoms with E-state index in [2.05, 4.69) is 27.0 Å². The zero-order valence-corrected chi connectivity index (χ0v) is 18.9. The van der Waals surface area contributed by atoms with Gasteiger partial charge in [-0.15, -0.1) is 0 Å². The normalized spacial score (nSPS) is 11.9. The largest absolute Gasteiger partial charge is 0.493 e. The lowest BCUT2D eigenvalue weighted by Gasteiger charge is -2.25. The molecule has 164 valence electrons. The number of ether oxygens (including phenoxy) is 2. The van der Waals surface area contributed by atoms with Crippen molar-refractivity contribution in [3.8, 4) is 5.75 Å². The number of aliphatic imine (C=N–C) groups is 1. The second kappa shape index (κ2) is 13.0. The second-order valence-corrected chi connectivity index (χ2v) is 7.60. The Morgan fingerprint density at radius 3 is 2.48 bits per heavy atom. The number of carbonyl (C=O) groups is 1. The molecule has 0 aliphatic rings. The molecule has 0 radical (unpaired) electrons. The lowest BCUT2D eigenvalue weighted by Crippen LogP contribution is -2.47. The molecule has 1 aromatic rings. The molecule has 0 fully saturated rings. The van der Waals surface area contributed by atoms with Gasteiger partial charge in [0.05, 0.1) is 18.6 Å². The Kier molecular flexibility index (Phi) is 11.1. The molecule has 29 heavy (non-hydrogen) atoms. The third kappa shape index (κ3) is 9.17. The van der Waals surface area contributed by atoms with Crippen LogP contribution < -0.4 is 20.7 Å². The number of aryl methyl sites for hydroxylation is 1. The summed E-state index contributed by atoms with van der Waals surface area (Å²) in [5, 5.41) is 9.39. The van der Waals surface area contributed by atoms with Crippen molar-refractivity contribution in [1.29, 1.82) is 0 Å². The van der Waals surface area contributed by atoms with E-state index < -0.39 is 5.41 Å². The maximum Gasteiger partial charge on any atom is 0.227 e. The number of nitrogens with one attached hydrogen (secondary N) is 3. The van der Waals surface area contributed by atoms with E-state index in [4.69, 9.17) is 9.47 Å². The molecule has 0 bridgehead atoms. The molecule has 7 nitrogen and oxygen atoms in total. The van der Waals surface area contributed by atoms with Crippen molar-refractivity contribution >= 4 is 11.9 Å². The minimum atomic E-state index is -0.536. The van der Waals surface area contributed by atoms with Gasteiger partial charge in [-0.2, -0.15) is 0 Å². The van der Waals surface area contributed by atoms with Crippen LogP contribution in [0.2, 0.25) is 0 Å². The van der Waals surface area contributed by atoms with Crippen LogP contribution in [0, 0.1) is 12.3 Å². The molecule has 0 saturated heterocycles. The molecule has 0 spiro atoms. The van der Waals surface area contributed by atoms with Crippen molar-refractivity contribution in [1.82, 2.24) is 16.0 Å². The first kappa shape index (κ1) is 24.8. The number of amides is 1. The maximum absolute atomic E-state index is 12.2. The van der Waals surface area contributed by atoms with Gasteiger partial charge < -0.3 is 25.4 Å². The fourth-order valence-electron chi connectivity index (χ4n) is 2.60. The highest BCUT2D eigenvalue weighted by Crippen LogP contribution is 2.21. The summed E-state index contributed by atoms with van der Waals surface area (Å²) < 4.78 is 11.0. The molecule has 1 amide bonds. The van der Waals surface area contributed by atoms with E-state index in [1.165, 1.54) is 0 Å². The fourth-order valence-corrected chi connectivity index (χ4v) is 2.60. The average Bonchev–Trinajstić information content (AvgIpc) is 2.68. The zero-order valence-electron chi connectivity index (χ0n) is 18.9. The Balaban J connectivity index is 2.81. The summed E-state index contributed by atoms with van der Waals surface area (Å²) in [4.78, 5) is 16.9. The SMILES string of the molecule is CCNC(=O)C(C)(C)CNC(=NCc1ccc(C)cc1OCCCOC)NCC. The van der Waals surface area contributed by atoms with Gasteiger partial charge >= 0.3 is 0 Å². The number of guanidine groups is 1. The van der Waals surface area contributed by atoms with Gasteiger partial charge in [0.15, 0.2) is 5.96 Å². The molecule has 0 aromatic heterocycles. The third-order valence-electron chi connectivity index (χ3n) is 4.37. The first-order chi connectivity index (χ1) is 13.8. The first-order valence-electron chi connectivity index (χ1n) is 10.4. The van der Waals surface area contributed by atoms with Crippen molar-refractivity contribution in [2.45, 2.75) is 47.6 Å². The third-order valence-corrected chi connectivity index (χ3v) is 4.37. The van der Waals surface area contributed by atoms with Crippen LogP contribution in [0.3, 0.4) is 0 Å². The molecule has 0 unspecified atom stereocenters. The number of hydrogen-bond donors (Lipinski definition) is 3. The predicted octanol–water partition coefficient (Wildman–Crippen LogP) is 2.63. The smallest absolute Gasteiger partial charge is 0.227 e. The summed E-state index contributed by atoms with van der Waals surface area (Å²) in [5.41, 5.74) is 1.63. The average molecular weight is 407 g/mol. The van der Waals surface area contributed by atoms with Crippen LogP contribution in [0.1, 0.15) is 45.2 Å². The molecule has 3 N–H and O–H groups in total. The molecular weight excluding hydrogens is 368 g/mol. The Hall–Kier alpha value is -2.28. The molecule has 0 saturated carbocycles. The van der Waals surface area contributed by atoms with Crippen LogP contribution in [0.15, 0.2) is 23.2 Å². The summed E-state index contributed by atoms with van der Waals surface area (Å²) in [7, 11) is 1.69. The minimum Gasteiger partial charge on any atom is -0.493 e. The highest BCUT2D eigenvalue weighted by molar-refractivity contribution is 5.84. The summed E-state index contributed by atoms with van der Waals surface area (Å²) in [6, 6.07) is 6.15. The highest BCUT2D eigenvalue weighted by atomic mass is 16.5. The molecular formula is C22H38N4O3. The number of carbonyl (C=O) groups excluding carboxylic acids is 1. The number of rotatable bonds is 12. The Morgan fingerprint density at radius 2 is 1.83 bits per heavy atom. The van der Waals surface area contributed by atoms with E-state index in [9.17, 15) is 4.79 Å². The maximum atomic E-state index is 12.2. The van der Waals surface area contributed by atoms with Crippen molar-refractivity contribution in [2.75, 3.05) is 40.0 Å². The molecule has 0 atom stereocenters. The monoisotopic (exact) mass is 406 g/mol. The van der Waals surface area contributed by atoms with Crippen LogP contribution in [0.5, 0.6) is 5.75 Å². The summed E-state index contributed by atoms with van der Waals surface area (Å²) in [6.45, 7) is 13.4. The number of benzene rings is 1. The van der Waals surface area contributed by atoms with E-state index in [1.807, 2.05) is 46.8 Å². The van der Waals surface area contributed by atoms with E-state index in [0.29, 0.717) is 38.8 Å². The molecule has 1 rings (SSSR count). The molecule has 1 aromatic carbocycles. The van der Waals surface area contributed by atoms with Crippen molar-refractivity contribution < 1.29 is 14.3 Å². The molecule has 7 heteroatoms. The van der Waals surface area contributed by atoms with Crippen LogP contribution >= 0.6 is 0 Å². The number of methoxy groups -OCH3 is 1. The van der Waals surface area contributed by atoms with Gasteiger partial charge in [-0.05, 0) is 46.2 Å². The van der Waals surface area contributed by atoms with Gasteiger partial charge in [0.2, 0.25) is 5.91 Å². The zero-order chi connectivity index (χ0) is 21.7. The second-order valence-electron chi connectivity index (χ2n) is 7.60. The molecule has 0 aliphatic carbocycles. The summed E-state index contributed by atoms with van der Waals surface area (Å²) in [6.07, 6.45) is 0.840. The number of nitrogens with zero attached hydrogens (tertiary/aromatic N) is 1. The topological polar surface area (TPSA) is 84.0 Å². The highest BCUT2D eigenvalue weighted by Gasteiger charge is 2.27. The van der Waals surface area contributed by atoms with Crippen LogP contribution in [-0.4, -0.2) is 51.8 Å². The van der Waals surface area contributed by atoms with Gasteiger partial charge in [-0.3, -0.25) is 4.79 Å². The summed E-state index contributed by atoms with van der Waals surface area (Å²) >= 11 is 0. The Morgan fingerprint density at radius 1 is 1.10 bits per heavy atom. The van der Waals surface area contributed by atoms with Gasteiger partial charge in [0, 0.05) is 45.3 Å². The van der Waals surface area contributed by atoms with Gasteiger partial charge in [-0.25, -0.2) is 4.99 Å². The Labute approximate surface area is 175 Å². The fraction of sp³-hybridized carbons (Fsp3) is 0.636. The minimum absolute atomic E-state index is 0.0219. The predicted molar refractivity (Wildman–Crippen MR) is 118 cm³/mol. The van der Waals surface area contributed by atoms with Crippen LogP contribution in [0.25, 0.3) is 0 Å². The van der Waals surface area contributed by atoms with Gasteiger partial charge in [0.25, 0.3) is 0 Å².